The van der Waals surface area contributed by atoms with Crippen LogP contribution >= 0.6 is 23.2 Å². The van der Waals surface area contributed by atoms with Crippen LogP contribution in [-0.2, 0) is 12.6 Å². The first-order chi connectivity index (χ1) is 8.79. The number of H-pyrrole nitrogens is 2. The molecule has 2 N–H and O–H groups in total. The first kappa shape index (κ1) is 14.0. The molecule has 0 aliphatic heterocycles. The Morgan fingerprint density at radius 3 is 2.37 bits per heavy atom. The molecule has 0 unspecified atom stereocenters. The van der Waals surface area contributed by atoms with Crippen molar-refractivity contribution in [2.24, 2.45) is 0 Å². The van der Waals surface area contributed by atoms with Crippen LogP contribution in [0.3, 0.4) is 0 Å². The third-order valence-electron chi connectivity index (χ3n) is 2.53. The monoisotopic (exact) mass is 310 g/mol. The first-order valence-corrected chi connectivity index (χ1v) is 5.85. The van der Waals surface area contributed by atoms with Crippen LogP contribution in [0.2, 0.25) is 10.0 Å². The molecular formula is C11H7Cl2F3N2O. The van der Waals surface area contributed by atoms with Gasteiger partial charge in [0.2, 0.25) is 0 Å². The second-order valence-corrected chi connectivity index (χ2v) is 4.67. The van der Waals surface area contributed by atoms with E-state index in [9.17, 15) is 18.0 Å². The highest BCUT2D eigenvalue weighted by molar-refractivity contribution is 6.42. The molecule has 0 saturated heterocycles. The summed E-state index contributed by atoms with van der Waals surface area (Å²) in [7, 11) is 0. The highest BCUT2D eigenvalue weighted by Crippen LogP contribution is 2.30. The van der Waals surface area contributed by atoms with E-state index in [1.54, 1.807) is 0 Å². The molecule has 0 spiro atoms. The molecule has 0 atom stereocenters. The molecule has 0 fully saturated rings. The molecule has 0 bridgehead atoms. The van der Waals surface area contributed by atoms with E-state index in [4.69, 9.17) is 23.2 Å². The van der Waals surface area contributed by atoms with Gasteiger partial charge in [0.25, 0.3) is 5.56 Å². The van der Waals surface area contributed by atoms with Crippen LogP contribution in [0.25, 0.3) is 0 Å². The maximum atomic E-state index is 12.7. The number of aromatic amines is 2. The summed E-state index contributed by atoms with van der Waals surface area (Å²) >= 11 is 11.5. The number of hydrogen-bond donors (Lipinski definition) is 2. The molecule has 3 nitrogen and oxygen atoms in total. The highest BCUT2D eigenvalue weighted by atomic mass is 35.5. The van der Waals surface area contributed by atoms with Gasteiger partial charge >= 0.3 is 6.18 Å². The van der Waals surface area contributed by atoms with Gasteiger partial charge in [0.05, 0.1) is 15.6 Å². The molecule has 102 valence electrons. The van der Waals surface area contributed by atoms with E-state index < -0.39 is 17.4 Å². The lowest BCUT2D eigenvalue weighted by Gasteiger charge is -2.07. The van der Waals surface area contributed by atoms with E-state index in [1.807, 2.05) is 10.2 Å². The Morgan fingerprint density at radius 2 is 1.79 bits per heavy atom. The average molecular weight is 311 g/mol. The molecule has 2 aromatic rings. The smallest absolute Gasteiger partial charge is 0.293 e. The zero-order valence-corrected chi connectivity index (χ0v) is 10.7. The predicted octanol–water partition coefficient (Wildman–Crippen LogP) is 3.62. The minimum absolute atomic E-state index is 0.190. The topological polar surface area (TPSA) is 48.6 Å². The van der Waals surface area contributed by atoms with Crippen molar-refractivity contribution >= 4 is 23.2 Å². The maximum absolute atomic E-state index is 12.7. The molecule has 1 aromatic carbocycles. The van der Waals surface area contributed by atoms with Gasteiger partial charge in [-0.05, 0) is 17.7 Å². The van der Waals surface area contributed by atoms with Gasteiger partial charge in [-0.25, -0.2) is 0 Å². The molecule has 0 saturated carbocycles. The molecule has 2 rings (SSSR count). The Labute approximate surface area is 115 Å². The van der Waals surface area contributed by atoms with Gasteiger partial charge in [-0.3, -0.25) is 15.0 Å². The van der Waals surface area contributed by atoms with E-state index in [0.29, 0.717) is 10.6 Å². The summed E-state index contributed by atoms with van der Waals surface area (Å²) in [5, 5.41) is 4.29. The number of aromatic nitrogens is 2. The summed E-state index contributed by atoms with van der Waals surface area (Å²) in [6.45, 7) is 0. The molecule has 0 aliphatic carbocycles. The summed E-state index contributed by atoms with van der Waals surface area (Å²) in [5.41, 5.74) is -1.81. The standard InChI is InChI=1S/C11H7Cl2F3N2O/c12-7-2-1-5(4-8(7)13)3-6-9(11(14,15)16)17-18-10(6)19/h1-2,4H,3H2,(H2,17,18,19). The van der Waals surface area contributed by atoms with E-state index >= 15 is 0 Å². The van der Waals surface area contributed by atoms with E-state index in [-0.39, 0.29) is 17.0 Å². The molecule has 8 heteroatoms. The number of rotatable bonds is 2. The molecule has 19 heavy (non-hydrogen) atoms. The van der Waals surface area contributed by atoms with Crippen LogP contribution in [0.1, 0.15) is 16.8 Å². The van der Waals surface area contributed by atoms with Gasteiger partial charge in [-0.1, -0.05) is 29.3 Å². The Hall–Kier alpha value is -1.40. The SMILES string of the molecule is O=c1[nH][nH]c(C(F)(F)F)c1Cc1ccc(Cl)c(Cl)c1. The van der Waals surface area contributed by atoms with E-state index in [2.05, 4.69) is 0 Å². The summed E-state index contributed by atoms with van der Waals surface area (Å²) in [6, 6.07) is 4.41. The van der Waals surface area contributed by atoms with Crippen LogP contribution in [0.5, 0.6) is 0 Å². The highest BCUT2D eigenvalue weighted by Gasteiger charge is 2.36. The second kappa shape index (κ2) is 4.94. The zero-order valence-electron chi connectivity index (χ0n) is 9.24. The largest absolute Gasteiger partial charge is 0.433 e. The van der Waals surface area contributed by atoms with Crippen LogP contribution < -0.4 is 5.56 Å². The lowest BCUT2D eigenvalue weighted by atomic mass is 10.1. The third-order valence-corrected chi connectivity index (χ3v) is 3.26. The van der Waals surface area contributed by atoms with Crippen molar-refractivity contribution in [2.45, 2.75) is 12.6 Å². The molecule has 1 heterocycles. The van der Waals surface area contributed by atoms with Gasteiger partial charge in [0.15, 0.2) is 0 Å². The summed E-state index contributed by atoms with van der Waals surface area (Å²) < 4.78 is 38.0. The Bertz CT molecular complexity index is 661. The number of nitrogens with one attached hydrogen (secondary N) is 2. The summed E-state index contributed by atoms with van der Waals surface area (Å²) in [5.74, 6) is 0. The van der Waals surface area contributed by atoms with Gasteiger partial charge in [0, 0.05) is 6.42 Å². The van der Waals surface area contributed by atoms with Crippen molar-refractivity contribution in [2.75, 3.05) is 0 Å². The molecule has 0 amide bonds. The minimum Gasteiger partial charge on any atom is -0.293 e. The fourth-order valence-electron chi connectivity index (χ4n) is 1.65. The number of halogens is 5. The predicted molar refractivity (Wildman–Crippen MR) is 65.7 cm³/mol. The van der Waals surface area contributed by atoms with Crippen LogP contribution in [0, 0.1) is 0 Å². The molecule has 0 radical (unpaired) electrons. The van der Waals surface area contributed by atoms with Crippen LogP contribution in [0.15, 0.2) is 23.0 Å². The first-order valence-electron chi connectivity index (χ1n) is 5.09. The normalized spacial score (nSPS) is 11.8. The Kier molecular flexibility index (Phi) is 3.64. The van der Waals surface area contributed by atoms with E-state index in [0.717, 1.165) is 0 Å². The van der Waals surface area contributed by atoms with Crippen molar-refractivity contribution in [3.05, 3.63) is 55.4 Å². The molecular weight excluding hydrogens is 304 g/mol. The van der Waals surface area contributed by atoms with Crippen LogP contribution in [-0.4, -0.2) is 10.2 Å². The maximum Gasteiger partial charge on any atom is 0.433 e. The summed E-state index contributed by atoms with van der Waals surface area (Å²) in [6.07, 6.45) is -4.81. The van der Waals surface area contributed by atoms with Crippen molar-refractivity contribution < 1.29 is 13.2 Å². The van der Waals surface area contributed by atoms with Gasteiger partial charge < -0.3 is 0 Å². The Balaban J connectivity index is 2.41. The van der Waals surface area contributed by atoms with Crippen LogP contribution in [0.4, 0.5) is 13.2 Å². The number of hydrogen-bond acceptors (Lipinski definition) is 1. The van der Waals surface area contributed by atoms with Gasteiger partial charge in [-0.15, -0.1) is 0 Å². The lowest BCUT2D eigenvalue weighted by molar-refractivity contribution is -0.141. The second-order valence-electron chi connectivity index (χ2n) is 3.86. The third kappa shape index (κ3) is 2.96. The lowest BCUT2D eigenvalue weighted by Crippen LogP contribution is -2.13. The average Bonchev–Trinajstić information content (AvgIpc) is 2.65. The van der Waals surface area contributed by atoms with Crippen molar-refractivity contribution in [3.8, 4) is 0 Å². The fourth-order valence-corrected chi connectivity index (χ4v) is 1.97. The quantitative estimate of drug-likeness (QED) is 0.874. The minimum atomic E-state index is -4.62. The fraction of sp³-hybridized carbons (Fsp3) is 0.182. The molecule has 0 aliphatic rings. The van der Waals surface area contributed by atoms with Gasteiger partial charge in [0.1, 0.15) is 5.69 Å². The van der Waals surface area contributed by atoms with Crippen molar-refractivity contribution in [3.63, 3.8) is 0 Å². The van der Waals surface area contributed by atoms with Gasteiger partial charge in [-0.2, -0.15) is 13.2 Å². The Morgan fingerprint density at radius 1 is 1.11 bits per heavy atom. The number of alkyl halides is 3. The van der Waals surface area contributed by atoms with Crippen molar-refractivity contribution in [1.29, 1.82) is 0 Å². The molecule has 1 aromatic heterocycles. The van der Waals surface area contributed by atoms with Crippen molar-refractivity contribution in [1.82, 2.24) is 10.2 Å². The zero-order chi connectivity index (χ0) is 14.2. The van der Waals surface area contributed by atoms with E-state index in [1.165, 1.54) is 18.2 Å². The number of benzene rings is 1. The summed E-state index contributed by atoms with van der Waals surface area (Å²) in [4.78, 5) is 11.4.